The fraction of sp³-hybridized carbons (Fsp3) is 0.659. The van der Waals surface area contributed by atoms with E-state index in [1.807, 2.05) is 18.2 Å². The molecule has 0 saturated carbocycles. The molecule has 274 valence electrons. The third-order valence-electron chi connectivity index (χ3n) is 8.39. The number of unbranched alkanes of at least 4 members (excludes halogenated alkanes) is 16. The lowest BCUT2D eigenvalue weighted by Crippen LogP contribution is -2.44. The van der Waals surface area contributed by atoms with Crippen LogP contribution in [-0.4, -0.2) is 34.9 Å². The minimum atomic E-state index is -0.906. The van der Waals surface area contributed by atoms with Crippen LogP contribution in [0.25, 0.3) is 0 Å². The highest BCUT2D eigenvalue weighted by Gasteiger charge is 2.17. The van der Waals surface area contributed by atoms with Crippen LogP contribution in [0.3, 0.4) is 0 Å². The first kappa shape index (κ1) is 45.6. The lowest BCUT2D eigenvalue weighted by molar-refractivity contribution is -0.122. The molecule has 0 aliphatic rings. The Bertz CT molecular complexity index is 895. The summed E-state index contributed by atoms with van der Waals surface area (Å²) in [6.07, 6.45) is 57.0. The van der Waals surface area contributed by atoms with E-state index in [4.69, 9.17) is 0 Å². The van der Waals surface area contributed by atoms with Crippen LogP contribution in [-0.2, 0) is 4.79 Å². The van der Waals surface area contributed by atoms with Crippen molar-refractivity contribution in [2.24, 2.45) is 0 Å². The lowest BCUT2D eigenvalue weighted by Gasteiger charge is -2.19. The second-order valence-electron chi connectivity index (χ2n) is 13.0. The monoisotopic (exact) mass is 666 g/mol. The van der Waals surface area contributed by atoms with Crippen LogP contribution in [0.5, 0.6) is 0 Å². The Kier molecular flexibility index (Phi) is 37.0. The molecule has 1 amide bonds. The van der Waals surface area contributed by atoms with Gasteiger partial charge in [-0.1, -0.05) is 189 Å². The summed E-state index contributed by atoms with van der Waals surface area (Å²) >= 11 is 0. The minimum absolute atomic E-state index is 0.204. The largest absolute Gasteiger partial charge is 0.394 e. The number of nitrogens with one attached hydrogen (secondary N) is 1. The van der Waals surface area contributed by atoms with E-state index in [0.717, 1.165) is 51.4 Å². The molecular weight excluding hydrogens is 590 g/mol. The Morgan fingerprint density at radius 3 is 1.42 bits per heavy atom. The Morgan fingerprint density at radius 1 is 0.521 bits per heavy atom. The normalized spacial score (nSPS) is 14.0. The van der Waals surface area contributed by atoms with Gasteiger partial charge in [-0.25, -0.2) is 0 Å². The number of aliphatic hydroxyl groups excluding tert-OH is 2. The topological polar surface area (TPSA) is 69.6 Å². The van der Waals surface area contributed by atoms with Gasteiger partial charge >= 0.3 is 0 Å². The predicted molar refractivity (Wildman–Crippen MR) is 211 cm³/mol. The van der Waals surface area contributed by atoms with Gasteiger partial charge in [0.25, 0.3) is 0 Å². The van der Waals surface area contributed by atoms with E-state index in [2.05, 4.69) is 79.9 Å². The molecule has 0 aromatic heterocycles. The third-order valence-corrected chi connectivity index (χ3v) is 8.39. The SMILES string of the molecule is CC/C=C\C/C=C\C/C=C\C/C=C\C/C=C\CC(=O)NC(CO)C(O)/C=C/CC/C=C/CCCCCCCCCCCCCCCCC. The van der Waals surface area contributed by atoms with Gasteiger partial charge in [0.15, 0.2) is 0 Å². The van der Waals surface area contributed by atoms with Gasteiger partial charge in [0.1, 0.15) is 0 Å². The number of carbonyl (C=O) groups is 1. The molecule has 0 aromatic carbocycles. The fourth-order valence-corrected chi connectivity index (χ4v) is 5.38. The zero-order chi connectivity index (χ0) is 35.0. The van der Waals surface area contributed by atoms with Crippen molar-refractivity contribution in [1.82, 2.24) is 5.32 Å². The van der Waals surface area contributed by atoms with E-state index in [-0.39, 0.29) is 18.9 Å². The highest BCUT2D eigenvalue weighted by atomic mass is 16.3. The zero-order valence-electron chi connectivity index (χ0n) is 31.2. The van der Waals surface area contributed by atoms with Crippen molar-refractivity contribution in [3.8, 4) is 0 Å². The zero-order valence-corrected chi connectivity index (χ0v) is 31.2. The van der Waals surface area contributed by atoms with Gasteiger partial charge in [0.2, 0.25) is 5.91 Å². The fourth-order valence-electron chi connectivity index (χ4n) is 5.38. The summed E-state index contributed by atoms with van der Waals surface area (Å²) in [5, 5.41) is 22.8. The average molecular weight is 666 g/mol. The van der Waals surface area contributed by atoms with Crippen LogP contribution in [0.4, 0.5) is 0 Å². The number of amides is 1. The molecule has 4 heteroatoms. The van der Waals surface area contributed by atoms with Gasteiger partial charge in [-0.3, -0.25) is 4.79 Å². The first-order valence-corrected chi connectivity index (χ1v) is 19.8. The van der Waals surface area contributed by atoms with Gasteiger partial charge < -0.3 is 15.5 Å². The standard InChI is InChI=1S/C44H75NO3/c1-3-5-7-9-11-13-15-17-19-20-21-22-23-24-26-27-29-31-33-35-37-39-43(47)42(41-46)45-44(48)40-38-36-34-32-30-28-25-18-16-14-12-10-8-6-4-2/h6,8,12,14,18,25,29-32,36-39,42-43,46-47H,3-5,7,9-11,13,15-17,19-24,26-28,33-35,40-41H2,1-2H3,(H,45,48)/b8-6-,14-12-,25-18-,31-29+,32-30-,38-36-,39-37+. The van der Waals surface area contributed by atoms with Crippen LogP contribution in [0.1, 0.15) is 168 Å². The van der Waals surface area contributed by atoms with Crippen LogP contribution >= 0.6 is 0 Å². The maximum absolute atomic E-state index is 12.3. The molecule has 0 aliphatic carbocycles. The van der Waals surface area contributed by atoms with Crippen LogP contribution in [0.2, 0.25) is 0 Å². The Hall–Kier alpha value is -2.43. The van der Waals surface area contributed by atoms with E-state index in [1.54, 1.807) is 6.08 Å². The molecule has 3 N–H and O–H groups in total. The first-order valence-electron chi connectivity index (χ1n) is 19.8. The third kappa shape index (κ3) is 34.9. The highest BCUT2D eigenvalue weighted by molar-refractivity contribution is 5.77. The number of hydrogen-bond acceptors (Lipinski definition) is 3. The highest BCUT2D eigenvalue weighted by Crippen LogP contribution is 2.14. The van der Waals surface area contributed by atoms with E-state index in [1.165, 1.54) is 96.3 Å². The molecule has 0 heterocycles. The summed E-state index contributed by atoms with van der Waals surface area (Å²) in [5.74, 6) is -0.204. The van der Waals surface area contributed by atoms with Crippen molar-refractivity contribution in [3.63, 3.8) is 0 Å². The molecule has 2 unspecified atom stereocenters. The summed E-state index contributed by atoms with van der Waals surface area (Å²) in [6.45, 7) is 4.12. The molecule has 0 radical (unpaired) electrons. The van der Waals surface area contributed by atoms with Gasteiger partial charge in [-0.05, 0) is 57.8 Å². The van der Waals surface area contributed by atoms with Crippen LogP contribution in [0, 0.1) is 0 Å². The molecule has 0 aliphatic heterocycles. The lowest BCUT2D eigenvalue weighted by atomic mass is 10.0. The number of carbonyl (C=O) groups excluding carboxylic acids is 1. The maximum Gasteiger partial charge on any atom is 0.224 e. The maximum atomic E-state index is 12.3. The molecular formula is C44H75NO3. The molecule has 0 spiro atoms. The molecule has 48 heavy (non-hydrogen) atoms. The predicted octanol–water partition coefficient (Wildman–Crippen LogP) is 12.1. The van der Waals surface area contributed by atoms with Crippen LogP contribution < -0.4 is 5.32 Å². The summed E-state index contributed by atoms with van der Waals surface area (Å²) in [6, 6.07) is -0.697. The molecule has 0 rings (SSSR count). The molecule has 0 bridgehead atoms. The van der Waals surface area contributed by atoms with E-state index in [0.29, 0.717) is 0 Å². The van der Waals surface area contributed by atoms with E-state index >= 15 is 0 Å². The summed E-state index contributed by atoms with van der Waals surface area (Å²) in [5.41, 5.74) is 0. The van der Waals surface area contributed by atoms with Gasteiger partial charge in [0.05, 0.1) is 18.8 Å². The van der Waals surface area contributed by atoms with Crippen molar-refractivity contribution in [3.05, 3.63) is 85.1 Å². The van der Waals surface area contributed by atoms with E-state index < -0.39 is 12.1 Å². The van der Waals surface area contributed by atoms with Gasteiger partial charge in [-0.2, -0.15) is 0 Å². The smallest absolute Gasteiger partial charge is 0.224 e. The molecule has 4 nitrogen and oxygen atoms in total. The van der Waals surface area contributed by atoms with Crippen molar-refractivity contribution >= 4 is 5.91 Å². The molecule has 2 atom stereocenters. The van der Waals surface area contributed by atoms with E-state index in [9.17, 15) is 15.0 Å². The second kappa shape index (κ2) is 39.0. The second-order valence-corrected chi connectivity index (χ2v) is 13.0. The number of aliphatic hydroxyl groups is 2. The number of rotatable bonds is 34. The van der Waals surface area contributed by atoms with Crippen LogP contribution in [0.15, 0.2) is 85.1 Å². The Morgan fingerprint density at radius 2 is 0.938 bits per heavy atom. The molecule has 0 aromatic rings. The van der Waals surface area contributed by atoms with Crippen molar-refractivity contribution in [2.45, 2.75) is 180 Å². The summed E-state index contributed by atoms with van der Waals surface area (Å²) in [4.78, 5) is 12.3. The van der Waals surface area contributed by atoms with Crippen molar-refractivity contribution in [2.75, 3.05) is 6.61 Å². The number of allylic oxidation sites excluding steroid dienone is 12. The average Bonchev–Trinajstić information content (AvgIpc) is 3.09. The van der Waals surface area contributed by atoms with Crippen molar-refractivity contribution < 1.29 is 15.0 Å². The van der Waals surface area contributed by atoms with Gasteiger partial charge in [-0.15, -0.1) is 0 Å². The quantitative estimate of drug-likeness (QED) is 0.0473. The van der Waals surface area contributed by atoms with Gasteiger partial charge in [0, 0.05) is 6.42 Å². The minimum Gasteiger partial charge on any atom is -0.394 e. The van der Waals surface area contributed by atoms with Crippen molar-refractivity contribution in [1.29, 1.82) is 0 Å². The number of hydrogen-bond donors (Lipinski definition) is 3. The summed E-state index contributed by atoms with van der Waals surface area (Å²) in [7, 11) is 0. The molecule has 0 fully saturated rings. The molecule has 0 saturated heterocycles. The summed E-state index contributed by atoms with van der Waals surface area (Å²) < 4.78 is 0. The first-order chi connectivity index (χ1) is 23.7. The Labute approximate surface area is 297 Å². The Balaban J connectivity index is 3.78.